The van der Waals surface area contributed by atoms with Crippen molar-refractivity contribution in [3.63, 3.8) is 0 Å². The third-order valence-electron chi connectivity index (χ3n) is 6.56. The lowest BCUT2D eigenvalue weighted by molar-refractivity contribution is -0.307. The first-order chi connectivity index (χ1) is 20.0. The number of carbonyl (C=O) groups excluding carboxylic acids is 1. The Morgan fingerprint density at radius 2 is 1.46 bits per heavy atom. The van der Waals surface area contributed by atoms with Crippen LogP contribution in [0.3, 0.4) is 0 Å². The number of carbonyl (C=O) groups is 1. The number of hydrogen-bond donors (Lipinski definition) is 1. The van der Waals surface area contributed by atoms with Gasteiger partial charge in [-0.15, -0.1) is 6.58 Å². The molecule has 0 aliphatic carbocycles. The third-order valence-corrected chi connectivity index (χ3v) is 6.56. The van der Waals surface area contributed by atoms with Crippen LogP contribution in [0.4, 0.5) is 0 Å². The standard InChI is InChI=1S/C32H36O9/c1-4-18-38-32-30(41-31(34)24-8-6-5-7-9-24)28(33)29(39-20-23-12-16-26(36-3)17-13-23)27(40-32)21-37-19-22-10-14-25(35-2)15-11-22/h4-17,27-30,32-33H,1,18-21H2,2-3H3/t27-,28+,29-,30+,32+/m1/s1. The van der Waals surface area contributed by atoms with Crippen molar-refractivity contribution in [2.45, 2.75) is 43.9 Å². The normalized spacial score (nSPS) is 22.1. The van der Waals surface area contributed by atoms with Crippen LogP contribution in [0.15, 0.2) is 91.5 Å². The molecule has 0 amide bonds. The summed E-state index contributed by atoms with van der Waals surface area (Å²) in [7, 11) is 3.21. The largest absolute Gasteiger partial charge is 0.497 e. The van der Waals surface area contributed by atoms with E-state index >= 15 is 0 Å². The van der Waals surface area contributed by atoms with Crippen molar-refractivity contribution >= 4 is 5.97 Å². The van der Waals surface area contributed by atoms with E-state index in [0.29, 0.717) is 12.2 Å². The fourth-order valence-electron chi connectivity index (χ4n) is 4.35. The molecule has 0 spiro atoms. The van der Waals surface area contributed by atoms with Gasteiger partial charge in [-0.2, -0.15) is 0 Å². The zero-order valence-electron chi connectivity index (χ0n) is 23.2. The molecule has 0 unspecified atom stereocenters. The first-order valence-corrected chi connectivity index (χ1v) is 13.3. The first kappa shape index (κ1) is 30.2. The smallest absolute Gasteiger partial charge is 0.338 e. The summed E-state index contributed by atoms with van der Waals surface area (Å²) in [5, 5.41) is 11.5. The Labute approximate surface area is 240 Å². The van der Waals surface area contributed by atoms with Gasteiger partial charge in [0, 0.05) is 0 Å². The van der Waals surface area contributed by atoms with E-state index < -0.39 is 36.7 Å². The van der Waals surface area contributed by atoms with E-state index in [0.717, 1.165) is 22.6 Å². The second kappa shape index (κ2) is 15.3. The maximum absolute atomic E-state index is 12.9. The molecule has 3 aromatic carbocycles. The number of aliphatic hydroxyl groups excluding tert-OH is 1. The Kier molecular flexibility index (Phi) is 11.3. The molecule has 4 rings (SSSR count). The summed E-state index contributed by atoms with van der Waals surface area (Å²) in [5.74, 6) is 0.848. The van der Waals surface area contributed by atoms with E-state index in [9.17, 15) is 9.90 Å². The van der Waals surface area contributed by atoms with Gasteiger partial charge in [0.2, 0.25) is 0 Å². The Hall–Kier alpha value is -3.73. The van der Waals surface area contributed by atoms with Crippen molar-refractivity contribution in [2.24, 2.45) is 0 Å². The summed E-state index contributed by atoms with van der Waals surface area (Å²) in [6, 6.07) is 23.4. The van der Waals surface area contributed by atoms with Crippen LogP contribution in [0, 0.1) is 0 Å². The molecule has 1 heterocycles. The molecular formula is C32H36O9. The summed E-state index contributed by atoms with van der Waals surface area (Å²) < 4.78 is 40.4. The van der Waals surface area contributed by atoms with Crippen molar-refractivity contribution < 1.29 is 43.1 Å². The monoisotopic (exact) mass is 564 g/mol. The van der Waals surface area contributed by atoms with Gasteiger partial charge in [0.05, 0.1) is 46.2 Å². The fourth-order valence-corrected chi connectivity index (χ4v) is 4.35. The highest BCUT2D eigenvalue weighted by Gasteiger charge is 2.49. The third kappa shape index (κ3) is 8.39. The molecule has 0 saturated carbocycles. The number of methoxy groups -OCH3 is 2. The quantitative estimate of drug-likeness (QED) is 0.227. The Balaban J connectivity index is 1.51. The highest BCUT2D eigenvalue weighted by Crippen LogP contribution is 2.29. The molecule has 9 heteroatoms. The minimum absolute atomic E-state index is 0.0870. The summed E-state index contributed by atoms with van der Waals surface area (Å²) in [4.78, 5) is 12.9. The maximum Gasteiger partial charge on any atom is 0.338 e. The van der Waals surface area contributed by atoms with Gasteiger partial charge < -0.3 is 38.3 Å². The van der Waals surface area contributed by atoms with Crippen LogP contribution in [0.5, 0.6) is 11.5 Å². The summed E-state index contributed by atoms with van der Waals surface area (Å²) in [5.41, 5.74) is 2.13. The minimum atomic E-state index is -1.28. The van der Waals surface area contributed by atoms with Crippen molar-refractivity contribution in [3.8, 4) is 11.5 Å². The molecule has 1 aliphatic rings. The lowest BCUT2D eigenvalue weighted by Gasteiger charge is -2.43. The number of rotatable bonds is 14. The minimum Gasteiger partial charge on any atom is -0.497 e. The van der Waals surface area contributed by atoms with Crippen LogP contribution in [-0.4, -0.2) is 69.2 Å². The molecule has 1 saturated heterocycles. The zero-order valence-corrected chi connectivity index (χ0v) is 23.2. The predicted molar refractivity (Wildman–Crippen MR) is 151 cm³/mol. The van der Waals surface area contributed by atoms with Crippen LogP contribution < -0.4 is 9.47 Å². The van der Waals surface area contributed by atoms with Gasteiger partial charge in [-0.25, -0.2) is 4.79 Å². The molecule has 0 aromatic heterocycles. The van der Waals surface area contributed by atoms with Crippen molar-refractivity contribution in [3.05, 3.63) is 108 Å². The van der Waals surface area contributed by atoms with Gasteiger partial charge in [0.15, 0.2) is 12.4 Å². The number of hydrogen-bond acceptors (Lipinski definition) is 9. The maximum atomic E-state index is 12.9. The van der Waals surface area contributed by atoms with Crippen LogP contribution in [0.2, 0.25) is 0 Å². The van der Waals surface area contributed by atoms with E-state index in [1.165, 1.54) is 0 Å². The van der Waals surface area contributed by atoms with Gasteiger partial charge in [-0.3, -0.25) is 0 Å². The molecule has 1 N–H and O–H groups in total. The Morgan fingerprint density at radius 3 is 2.05 bits per heavy atom. The molecular weight excluding hydrogens is 528 g/mol. The fraction of sp³-hybridized carbons (Fsp3) is 0.344. The van der Waals surface area contributed by atoms with E-state index in [4.69, 9.17) is 33.2 Å². The summed E-state index contributed by atoms with van der Waals surface area (Å²) >= 11 is 0. The molecule has 3 aromatic rings. The number of ether oxygens (including phenoxy) is 7. The molecule has 0 radical (unpaired) electrons. The molecule has 9 nitrogen and oxygen atoms in total. The van der Waals surface area contributed by atoms with Crippen LogP contribution in [0.1, 0.15) is 21.5 Å². The van der Waals surface area contributed by atoms with Gasteiger partial charge in [0.1, 0.15) is 29.8 Å². The highest BCUT2D eigenvalue weighted by atomic mass is 16.7. The Morgan fingerprint density at radius 1 is 0.854 bits per heavy atom. The second-order valence-electron chi connectivity index (χ2n) is 9.38. The lowest BCUT2D eigenvalue weighted by atomic mass is 9.98. The van der Waals surface area contributed by atoms with Gasteiger partial charge in [-0.1, -0.05) is 48.5 Å². The summed E-state index contributed by atoms with van der Waals surface area (Å²) in [6.45, 7) is 4.36. The molecule has 218 valence electrons. The average molecular weight is 565 g/mol. The molecule has 1 aliphatic heterocycles. The zero-order chi connectivity index (χ0) is 29.0. The van der Waals surface area contributed by atoms with E-state index in [2.05, 4.69) is 6.58 Å². The van der Waals surface area contributed by atoms with E-state index in [1.54, 1.807) is 50.6 Å². The molecule has 1 fully saturated rings. The van der Waals surface area contributed by atoms with Gasteiger partial charge in [0.25, 0.3) is 0 Å². The van der Waals surface area contributed by atoms with E-state index in [1.807, 2.05) is 48.5 Å². The topological polar surface area (TPSA) is 102 Å². The number of esters is 1. The molecule has 0 bridgehead atoms. The van der Waals surface area contributed by atoms with Crippen molar-refractivity contribution in [2.75, 3.05) is 27.4 Å². The second-order valence-corrected chi connectivity index (χ2v) is 9.38. The average Bonchev–Trinajstić information content (AvgIpc) is 3.02. The van der Waals surface area contributed by atoms with E-state index in [-0.39, 0.29) is 19.8 Å². The van der Waals surface area contributed by atoms with Gasteiger partial charge >= 0.3 is 5.97 Å². The van der Waals surface area contributed by atoms with Crippen LogP contribution in [-0.2, 0) is 36.9 Å². The SMILES string of the molecule is C=CCO[C@H]1O[C@H](COCc2ccc(OC)cc2)[C@@H](OCc2ccc(OC)cc2)[C@H](O)[C@@H]1OC(=O)c1ccccc1. The van der Waals surface area contributed by atoms with Crippen LogP contribution in [0.25, 0.3) is 0 Å². The number of benzene rings is 3. The lowest BCUT2D eigenvalue weighted by Crippen LogP contribution is -2.61. The predicted octanol–water partition coefficient (Wildman–Crippen LogP) is 4.32. The Bertz CT molecular complexity index is 1210. The van der Waals surface area contributed by atoms with Gasteiger partial charge in [-0.05, 0) is 47.5 Å². The molecule has 41 heavy (non-hydrogen) atoms. The highest BCUT2D eigenvalue weighted by molar-refractivity contribution is 5.89. The molecule has 5 atom stereocenters. The van der Waals surface area contributed by atoms with Crippen LogP contribution >= 0.6 is 0 Å². The number of aliphatic hydroxyl groups is 1. The van der Waals surface area contributed by atoms with Crippen molar-refractivity contribution in [1.29, 1.82) is 0 Å². The van der Waals surface area contributed by atoms with Crippen molar-refractivity contribution in [1.82, 2.24) is 0 Å². The summed E-state index contributed by atoms with van der Waals surface area (Å²) in [6.07, 6.45) is -3.60. The first-order valence-electron chi connectivity index (χ1n) is 13.3.